The summed E-state index contributed by atoms with van der Waals surface area (Å²) in [6.07, 6.45) is 8.16. The molecule has 0 bridgehead atoms. The summed E-state index contributed by atoms with van der Waals surface area (Å²) >= 11 is 0. The Bertz CT molecular complexity index is 973. The van der Waals surface area contributed by atoms with E-state index >= 15 is 0 Å². The van der Waals surface area contributed by atoms with Crippen LogP contribution in [0.15, 0.2) is 42.0 Å². The van der Waals surface area contributed by atoms with Gasteiger partial charge in [0.1, 0.15) is 6.33 Å². The van der Waals surface area contributed by atoms with Crippen LogP contribution in [-0.4, -0.2) is 37.8 Å². The number of rotatable bonds is 4. The summed E-state index contributed by atoms with van der Waals surface area (Å²) in [4.78, 5) is 17.2. The van der Waals surface area contributed by atoms with E-state index in [0.717, 1.165) is 11.2 Å². The molecule has 4 N–H and O–H groups in total. The number of nitrogens with one attached hydrogen (secondary N) is 2. The Morgan fingerprint density at radius 1 is 1.40 bits per heavy atom. The van der Waals surface area contributed by atoms with E-state index in [1.165, 1.54) is 12.5 Å². The summed E-state index contributed by atoms with van der Waals surface area (Å²) in [5.41, 5.74) is 14.9. The Balaban J connectivity index is 1.63. The number of anilines is 2. The molecule has 0 atom stereocenters. The monoisotopic (exact) mass is 336 g/mol. The Labute approximate surface area is 143 Å². The third-order valence-electron chi connectivity index (χ3n) is 3.75. The van der Waals surface area contributed by atoms with Crippen molar-refractivity contribution < 1.29 is 0 Å². The molecule has 10 heteroatoms. The van der Waals surface area contributed by atoms with E-state index < -0.39 is 0 Å². The molecule has 4 rings (SSSR count). The van der Waals surface area contributed by atoms with Crippen LogP contribution in [0.1, 0.15) is 11.3 Å². The second-order valence-corrected chi connectivity index (χ2v) is 5.36. The predicted octanol–water partition coefficient (Wildman–Crippen LogP) is 0.371. The van der Waals surface area contributed by atoms with Crippen molar-refractivity contribution in [1.82, 2.24) is 30.1 Å². The van der Waals surface area contributed by atoms with Crippen LogP contribution >= 0.6 is 0 Å². The zero-order chi connectivity index (χ0) is 17.2. The molecule has 0 amide bonds. The van der Waals surface area contributed by atoms with Crippen LogP contribution in [0.25, 0.3) is 11.2 Å². The molecule has 4 heterocycles. The van der Waals surface area contributed by atoms with Crippen LogP contribution < -0.4 is 21.7 Å². The van der Waals surface area contributed by atoms with Gasteiger partial charge in [-0.25, -0.2) is 19.5 Å². The third-order valence-corrected chi connectivity index (χ3v) is 3.75. The number of aliphatic imine (C=N–C) groups is 1. The molecule has 10 nitrogen and oxygen atoms in total. The summed E-state index contributed by atoms with van der Waals surface area (Å²) in [7, 11) is 1.68. The standard InChI is InChI=1S/C15H16N10/c1-17-6-11(5-16)12-7-18-14-15(21-12)25(23-22-14)8-10-2-3-24-13(4-10)19-9-20-24/h2-7,9,23H,8,16H2,1H3,(H,18,22). The van der Waals surface area contributed by atoms with Crippen LogP contribution in [-0.2, 0) is 6.54 Å². The first-order valence-electron chi connectivity index (χ1n) is 7.57. The molecule has 0 unspecified atom stereocenters. The lowest BCUT2D eigenvalue weighted by molar-refractivity contribution is 0.715. The maximum Gasteiger partial charge on any atom is 0.190 e. The molecule has 1 aliphatic rings. The Hall–Kier alpha value is -3.53. The van der Waals surface area contributed by atoms with Crippen LogP contribution in [0.4, 0.5) is 11.6 Å². The highest BCUT2D eigenvalue weighted by atomic mass is 15.7. The van der Waals surface area contributed by atoms with Crippen LogP contribution in [0.5, 0.6) is 0 Å². The van der Waals surface area contributed by atoms with Crippen molar-refractivity contribution >= 4 is 29.1 Å². The number of nitrogens with two attached hydrogens (primary N) is 1. The van der Waals surface area contributed by atoms with Gasteiger partial charge in [0.15, 0.2) is 17.3 Å². The molecule has 0 fully saturated rings. The highest BCUT2D eigenvalue weighted by Gasteiger charge is 2.23. The molecule has 0 aromatic carbocycles. The van der Waals surface area contributed by atoms with Crippen molar-refractivity contribution in [2.75, 3.05) is 17.5 Å². The van der Waals surface area contributed by atoms with E-state index in [9.17, 15) is 0 Å². The average Bonchev–Trinajstić information content (AvgIpc) is 3.26. The van der Waals surface area contributed by atoms with Gasteiger partial charge in [-0.15, -0.1) is 5.53 Å². The number of aromatic nitrogens is 5. The molecule has 25 heavy (non-hydrogen) atoms. The van der Waals surface area contributed by atoms with Crippen LogP contribution in [0, 0.1) is 0 Å². The molecule has 0 aliphatic carbocycles. The molecule has 1 aliphatic heterocycles. The summed E-state index contributed by atoms with van der Waals surface area (Å²) in [5, 5.41) is 5.96. The van der Waals surface area contributed by atoms with Gasteiger partial charge in [-0.1, -0.05) is 0 Å². The van der Waals surface area contributed by atoms with Crippen molar-refractivity contribution in [2.24, 2.45) is 10.7 Å². The van der Waals surface area contributed by atoms with Gasteiger partial charge in [0.2, 0.25) is 0 Å². The minimum atomic E-state index is 0.574. The fourth-order valence-corrected chi connectivity index (χ4v) is 2.55. The van der Waals surface area contributed by atoms with Gasteiger partial charge in [0.25, 0.3) is 0 Å². The first-order chi connectivity index (χ1) is 12.3. The van der Waals surface area contributed by atoms with Gasteiger partial charge >= 0.3 is 0 Å². The van der Waals surface area contributed by atoms with Crippen molar-refractivity contribution in [2.45, 2.75) is 6.54 Å². The highest BCUT2D eigenvalue weighted by molar-refractivity contribution is 6.08. The Kier molecular flexibility index (Phi) is 3.71. The Morgan fingerprint density at radius 3 is 3.16 bits per heavy atom. The normalized spacial score (nSPS) is 14.3. The molecule has 0 saturated carbocycles. The average molecular weight is 336 g/mol. The molecule has 0 saturated heterocycles. The molecule has 3 aromatic heterocycles. The number of hydrogen-bond acceptors (Lipinski definition) is 9. The van der Waals surface area contributed by atoms with Gasteiger partial charge in [-0.3, -0.25) is 15.4 Å². The summed E-state index contributed by atoms with van der Waals surface area (Å²) < 4.78 is 1.72. The number of pyridine rings is 1. The van der Waals surface area contributed by atoms with E-state index in [1.807, 2.05) is 23.3 Å². The van der Waals surface area contributed by atoms with Gasteiger partial charge < -0.3 is 5.73 Å². The molecule has 0 radical (unpaired) electrons. The quantitative estimate of drug-likeness (QED) is 0.584. The third kappa shape index (κ3) is 2.74. The van der Waals surface area contributed by atoms with E-state index in [0.29, 0.717) is 29.4 Å². The van der Waals surface area contributed by atoms with Crippen molar-refractivity contribution in [3.63, 3.8) is 0 Å². The van der Waals surface area contributed by atoms with Crippen molar-refractivity contribution in [3.05, 3.63) is 48.3 Å². The molecular formula is C15H16N10. The largest absolute Gasteiger partial charge is 0.404 e. The maximum absolute atomic E-state index is 5.66. The minimum Gasteiger partial charge on any atom is -0.404 e. The molecule has 126 valence electrons. The van der Waals surface area contributed by atoms with Gasteiger partial charge in [0, 0.05) is 31.2 Å². The summed E-state index contributed by atoms with van der Waals surface area (Å²) in [6.45, 7) is 0.574. The van der Waals surface area contributed by atoms with E-state index in [2.05, 4.69) is 36.0 Å². The van der Waals surface area contributed by atoms with Crippen molar-refractivity contribution in [1.29, 1.82) is 0 Å². The predicted molar refractivity (Wildman–Crippen MR) is 94.5 cm³/mol. The lowest BCUT2D eigenvalue weighted by Crippen LogP contribution is -2.35. The zero-order valence-electron chi connectivity index (χ0n) is 13.5. The lowest BCUT2D eigenvalue weighted by Gasteiger charge is -2.17. The fourth-order valence-electron chi connectivity index (χ4n) is 2.55. The topological polar surface area (TPSA) is 122 Å². The maximum atomic E-state index is 5.66. The van der Waals surface area contributed by atoms with Gasteiger partial charge in [-0.05, 0) is 17.7 Å². The molecule has 0 spiro atoms. The number of fused-ring (bicyclic) bond motifs is 2. The number of hydrogen-bond donors (Lipinski definition) is 3. The van der Waals surface area contributed by atoms with E-state index in [-0.39, 0.29) is 0 Å². The molecule has 3 aromatic rings. The lowest BCUT2D eigenvalue weighted by atomic mass is 10.2. The van der Waals surface area contributed by atoms with E-state index in [4.69, 9.17) is 5.73 Å². The highest BCUT2D eigenvalue weighted by Crippen LogP contribution is 2.27. The van der Waals surface area contributed by atoms with Crippen LogP contribution in [0.3, 0.4) is 0 Å². The first-order valence-corrected chi connectivity index (χ1v) is 7.57. The first kappa shape index (κ1) is 15.0. The smallest absolute Gasteiger partial charge is 0.190 e. The molecular weight excluding hydrogens is 320 g/mol. The van der Waals surface area contributed by atoms with E-state index in [1.54, 1.807) is 24.0 Å². The number of hydrazine groups is 2. The van der Waals surface area contributed by atoms with Gasteiger partial charge in [0.05, 0.1) is 18.4 Å². The number of allylic oxidation sites excluding steroid dienone is 1. The van der Waals surface area contributed by atoms with Crippen LogP contribution in [0.2, 0.25) is 0 Å². The Morgan fingerprint density at radius 2 is 2.32 bits per heavy atom. The number of nitrogens with zero attached hydrogens (tertiary/aromatic N) is 7. The second-order valence-electron chi connectivity index (χ2n) is 5.36. The SMILES string of the molecule is CN=CC(=CN)c1cnc2c(n1)N(Cc1ccn3ncnc3c1)NN2. The summed E-state index contributed by atoms with van der Waals surface area (Å²) in [5.74, 6) is 1.33. The fraction of sp³-hybridized carbons (Fsp3) is 0.133. The second kappa shape index (κ2) is 6.17. The summed E-state index contributed by atoms with van der Waals surface area (Å²) in [6, 6.07) is 3.95. The minimum absolute atomic E-state index is 0.574. The van der Waals surface area contributed by atoms with Gasteiger partial charge in [-0.2, -0.15) is 5.10 Å². The zero-order valence-corrected chi connectivity index (χ0v) is 13.5. The van der Waals surface area contributed by atoms with Crippen molar-refractivity contribution in [3.8, 4) is 0 Å².